The molecule has 2 fully saturated rings. The summed E-state index contributed by atoms with van der Waals surface area (Å²) < 4.78 is 30.7. The van der Waals surface area contributed by atoms with Gasteiger partial charge in [-0.2, -0.15) is 9.97 Å². The van der Waals surface area contributed by atoms with Crippen molar-refractivity contribution in [1.82, 2.24) is 19.5 Å². The Morgan fingerprint density at radius 3 is 2.71 bits per heavy atom. The highest BCUT2D eigenvalue weighted by Crippen LogP contribution is 2.49. The van der Waals surface area contributed by atoms with E-state index in [4.69, 9.17) is 36.0 Å². The van der Waals surface area contributed by atoms with E-state index in [0.29, 0.717) is 5.69 Å². The fourth-order valence-electron chi connectivity index (χ4n) is 5.03. The lowest BCUT2D eigenvalue weighted by Gasteiger charge is -2.34. The van der Waals surface area contributed by atoms with Crippen LogP contribution in [0.4, 0.5) is 11.5 Å². The number of ether oxygens (including phenoxy) is 1. The number of hydrogen-bond donors (Lipinski definition) is 3. The SMILES string of the molecule is C[C@@H](C(=O)OP(=O)(O)O[C@H]1C[C@H](n2cnc3c(N)nc(Cl)nc32)O[C@@H]1CO)N(OC1CCCCC1)c1ccccc1. The molecule has 4 N–H and O–H groups in total. The highest BCUT2D eigenvalue weighted by molar-refractivity contribution is 7.48. The average molecular weight is 611 g/mol. The van der Waals surface area contributed by atoms with Crippen LogP contribution in [0.2, 0.25) is 5.28 Å². The molecule has 2 aromatic heterocycles. The third-order valence-electron chi connectivity index (χ3n) is 7.08. The number of carbonyl (C=O) groups is 1. The number of rotatable bonds is 10. The molecule has 0 spiro atoms. The minimum Gasteiger partial charge on any atom is -0.394 e. The molecule has 41 heavy (non-hydrogen) atoms. The van der Waals surface area contributed by atoms with Gasteiger partial charge in [-0.1, -0.05) is 37.5 Å². The minimum atomic E-state index is -4.96. The Morgan fingerprint density at radius 2 is 2.00 bits per heavy atom. The third-order valence-corrected chi connectivity index (χ3v) is 8.20. The number of para-hydroxylation sites is 1. The number of hydroxylamine groups is 1. The van der Waals surface area contributed by atoms with Crippen LogP contribution in [0.25, 0.3) is 11.2 Å². The van der Waals surface area contributed by atoms with Crippen LogP contribution in [-0.2, 0) is 28.0 Å². The van der Waals surface area contributed by atoms with E-state index in [1.54, 1.807) is 24.3 Å². The Bertz CT molecular complexity index is 1410. The normalized spacial score (nSPS) is 23.8. The van der Waals surface area contributed by atoms with Crippen molar-refractivity contribution in [2.75, 3.05) is 17.4 Å². The molecule has 0 amide bonds. The molecule has 5 rings (SSSR count). The first-order valence-electron chi connectivity index (χ1n) is 13.3. The van der Waals surface area contributed by atoms with Crippen molar-refractivity contribution in [3.63, 3.8) is 0 Å². The summed E-state index contributed by atoms with van der Waals surface area (Å²) in [7, 11) is -4.96. The second-order valence-electron chi connectivity index (χ2n) is 9.97. The lowest BCUT2D eigenvalue weighted by Crippen LogP contribution is -2.43. The second-order valence-corrected chi connectivity index (χ2v) is 11.6. The van der Waals surface area contributed by atoms with Gasteiger partial charge in [0.1, 0.15) is 24.0 Å². The Kier molecular flexibility index (Phi) is 9.09. The number of hydrogen-bond acceptors (Lipinski definition) is 12. The van der Waals surface area contributed by atoms with Crippen LogP contribution in [0.15, 0.2) is 36.7 Å². The fraction of sp³-hybridized carbons (Fsp3) is 0.520. The van der Waals surface area contributed by atoms with Gasteiger partial charge in [0.15, 0.2) is 17.5 Å². The highest BCUT2D eigenvalue weighted by Gasteiger charge is 2.44. The summed E-state index contributed by atoms with van der Waals surface area (Å²) in [4.78, 5) is 42.0. The van der Waals surface area contributed by atoms with Crippen LogP contribution < -0.4 is 10.8 Å². The number of nitrogens with two attached hydrogens (primary N) is 1. The molecular formula is C25H32ClN6O8P. The maximum absolute atomic E-state index is 13.1. The van der Waals surface area contributed by atoms with Gasteiger partial charge in [0.2, 0.25) is 5.28 Å². The smallest absolute Gasteiger partial charge is 0.394 e. The minimum absolute atomic E-state index is 0.00318. The van der Waals surface area contributed by atoms with E-state index in [-0.39, 0.29) is 34.8 Å². The molecule has 3 aromatic rings. The summed E-state index contributed by atoms with van der Waals surface area (Å²) in [6.07, 6.45) is 3.22. The van der Waals surface area contributed by atoms with Gasteiger partial charge in [0.25, 0.3) is 0 Å². The summed E-state index contributed by atoms with van der Waals surface area (Å²) in [5.41, 5.74) is 7.03. The molecule has 1 aliphatic carbocycles. The Morgan fingerprint density at radius 1 is 1.27 bits per heavy atom. The van der Waals surface area contributed by atoms with E-state index in [1.165, 1.54) is 22.9 Å². The third kappa shape index (κ3) is 6.81. The molecule has 1 aliphatic heterocycles. The van der Waals surface area contributed by atoms with E-state index < -0.39 is 44.9 Å². The molecule has 1 aromatic carbocycles. The van der Waals surface area contributed by atoms with Crippen molar-refractivity contribution >= 4 is 48.1 Å². The van der Waals surface area contributed by atoms with E-state index in [2.05, 4.69) is 15.0 Å². The molecule has 222 valence electrons. The quantitative estimate of drug-likeness (QED) is 0.172. The van der Waals surface area contributed by atoms with Gasteiger partial charge >= 0.3 is 13.8 Å². The maximum Gasteiger partial charge on any atom is 0.530 e. The monoisotopic (exact) mass is 610 g/mol. The number of aliphatic hydroxyl groups is 1. The number of carbonyl (C=O) groups excluding carboxylic acids is 1. The summed E-state index contributed by atoms with van der Waals surface area (Å²) in [5, 5.41) is 11.2. The number of fused-ring (bicyclic) bond motifs is 1. The molecule has 0 bridgehead atoms. The van der Waals surface area contributed by atoms with E-state index >= 15 is 0 Å². The number of aromatic nitrogens is 4. The van der Waals surface area contributed by atoms with Gasteiger partial charge < -0.3 is 20.1 Å². The molecule has 1 saturated heterocycles. The average Bonchev–Trinajstić information content (AvgIpc) is 3.55. The molecule has 1 saturated carbocycles. The van der Waals surface area contributed by atoms with Crippen molar-refractivity contribution in [1.29, 1.82) is 0 Å². The molecule has 1 unspecified atom stereocenters. The van der Waals surface area contributed by atoms with E-state index in [0.717, 1.165) is 32.1 Å². The van der Waals surface area contributed by atoms with E-state index in [1.807, 2.05) is 6.07 Å². The molecule has 5 atom stereocenters. The number of benzene rings is 1. The number of phosphoric ester groups is 1. The van der Waals surface area contributed by atoms with Crippen LogP contribution >= 0.6 is 19.4 Å². The number of halogens is 1. The zero-order valence-corrected chi connectivity index (χ0v) is 23.9. The first kappa shape index (κ1) is 29.6. The Hall–Kier alpha value is -2.84. The van der Waals surface area contributed by atoms with Crippen molar-refractivity contribution in [2.24, 2.45) is 0 Å². The number of phosphoric acid groups is 1. The van der Waals surface area contributed by atoms with Crippen LogP contribution in [0.5, 0.6) is 0 Å². The van der Waals surface area contributed by atoms with Gasteiger partial charge in [-0.3, -0.25) is 18.8 Å². The summed E-state index contributed by atoms with van der Waals surface area (Å²) in [5.74, 6) is -0.949. The van der Waals surface area contributed by atoms with Crippen LogP contribution in [-0.4, -0.2) is 66.4 Å². The molecule has 2 aliphatic rings. The Labute approximate surface area is 240 Å². The molecule has 14 nitrogen and oxygen atoms in total. The second kappa shape index (κ2) is 12.6. The number of anilines is 2. The lowest BCUT2D eigenvalue weighted by atomic mass is 9.98. The van der Waals surface area contributed by atoms with Gasteiger partial charge in [-0.15, -0.1) is 0 Å². The lowest BCUT2D eigenvalue weighted by molar-refractivity contribution is -0.141. The largest absolute Gasteiger partial charge is 0.530 e. The predicted octanol–water partition coefficient (Wildman–Crippen LogP) is 3.53. The van der Waals surface area contributed by atoms with Crippen LogP contribution in [0.3, 0.4) is 0 Å². The number of imidazole rings is 1. The van der Waals surface area contributed by atoms with E-state index in [9.17, 15) is 19.4 Å². The number of nitrogens with zero attached hydrogens (tertiary/aromatic N) is 5. The standard InChI is InChI=1S/C25H32ClN6O8P/c1-15(32(16-8-4-2-5-9-16)38-17-10-6-3-7-11-17)24(34)40-41(35,36)39-18-12-20(37-19(18)13-33)31-14-28-21-22(27)29-25(26)30-23(21)31/h2,4-5,8-9,14-15,17-20,33H,3,6-7,10-13H2,1H3,(H,35,36)(H2,27,29,30)/t15-,18-,19+,20+/m0/s1. The van der Waals surface area contributed by atoms with Crippen molar-refractivity contribution in [3.05, 3.63) is 41.9 Å². The van der Waals surface area contributed by atoms with Crippen molar-refractivity contribution < 1.29 is 38.0 Å². The Balaban J connectivity index is 1.27. The molecule has 3 heterocycles. The number of nitrogen functional groups attached to an aromatic ring is 1. The molecular weight excluding hydrogens is 579 g/mol. The molecule has 0 radical (unpaired) electrons. The number of aliphatic hydroxyl groups excluding tert-OH is 1. The van der Waals surface area contributed by atoms with Gasteiger partial charge in [0.05, 0.1) is 24.7 Å². The summed E-state index contributed by atoms with van der Waals surface area (Å²) in [6, 6.07) is 7.90. The molecule has 16 heteroatoms. The van der Waals surface area contributed by atoms with Crippen LogP contribution in [0.1, 0.15) is 51.7 Å². The van der Waals surface area contributed by atoms with Crippen LogP contribution in [0, 0.1) is 0 Å². The van der Waals surface area contributed by atoms with Gasteiger partial charge in [-0.25, -0.2) is 19.4 Å². The zero-order valence-electron chi connectivity index (χ0n) is 22.3. The summed E-state index contributed by atoms with van der Waals surface area (Å²) >= 11 is 5.94. The van der Waals surface area contributed by atoms with Gasteiger partial charge in [0, 0.05) is 6.42 Å². The predicted molar refractivity (Wildman–Crippen MR) is 147 cm³/mol. The zero-order chi connectivity index (χ0) is 29.1. The summed E-state index contributed by atoms with van der Waals surface area (Å²) in [6.45, 7) is 0.985. The van der Waals surface area contributed by atoms with Crippen molar-refractivity contribution in [2.45, 2.75) is 76.0 Å². The first-order chi connectivity index (χ1) is 19.6. The topological polar surface area (TPSA) is 184 Å². The highest BCUT2D eigenvalue weighted by atomic mass is 35.5. The fourth-order valence-corrected chi connectivity index (χ4v) is 6.19. The first-order valence-corrected chi connectivity index (χ1v) is 15.2. The van der Waals surface area contributed by atoms with Crippen molar-refractivity contribution in [3.8, 4) is 0 Å². The maximum atomic E-state index is 13.1. The van der Waals surface area contributed by atoms with Gasteiger partial charge in [-0.05, 0) is 43.5 Å².